The number of hydrogen-bond donors (Lipinski definition) is 1. The van der Waals surface area contributed by atoms with E-state index in [2.05, 4.69) is 24.4 Å². The maximum atomic E-state index is 5.20. The molecule has 1 radical (unpaired) electrons. The van der Waals surface area contributed by atoms with Crippen LogP contribution in [-0.2, 0) is 5.41 Å². The summed E-state index contributed by atoms with van der Waals surface area (Å²) in [5.74, 6) is 0.967. The topological polar surface area (TPSA) is 21.3 Å². The van der Waals surface area contributed by atoms with Crippen molar-refractivity contribution in [1.82, 2.24) is 5.32 Å². The molecule has 13 heavy (non-hydrogen) atoms. The predicted octanol–water partition coefficient (Wildman–Crippen LogP) is 1.01. The van der Waals surface area contributed by atoms with Crippen LogP contribution in [0, 0.1) is 0 Å². The third-order valence-corrected chi connectivity index (χ3v) is 3.43. The van der Waals surface area contributed by atoms with Gasteiger partial charge in [0.15, 0.2) is 0 Å². The van der Waals surface area contributed by atoms with E-state index in [0.717, 1.165) is 44.3 Å². The van der Waals surface area contributed by atoms with E-state index in [-0.39, 0.29) is 0 Å². The summed E-state index contributed by atoms with van der Waals surface area (Å²) in [6.45, 7) is 4.46. The van der Waals surface area contributed by atoms with E-state index in [1.165, 1.54) is 5.56 Å². The molecule has 1 aliphatic heterocycles. The van der Waals surface area contributed by atoms with Crippen LogP contribution in [-0.4, -0.2) is 38.6 Å². The Kier molecular flexibility index (Phi) is 2.58. The summed E-state index contributed by atoms with van der Waals surface area (Å²) >= 11 is 1.14. The van der Waals surface area contributed by atoms with E-state index in [4.69, 9.17) is 2.77 Å². The molecule has 2 nitrogen and oxygen atoms in total. The Morgan fingerprint density at radius 2 is 1.92 bits per heavy atom. The van der Waals surface area contributed by atoms with Crippen molar-refractivity contribution in [2.75, 3.05) is 13.1 Å². The Morgan fingerprint density at radius 3 is 2.31 bits per heavy atom. The van der Waals surface area contributed by atoms with Crippen molar-refractivity contribution in [2.45, 2.75) is 12.3 Å². The van der Waals surface area contributed by atoms with Crippen LogP contribution in [0.25, 0.3) is 0 Å². The summed E-state index contributed by atoms with van der Waals surface area (Å²) in [6.07, 6.45) is 0. The number of rotatable bonds is 2. The fraction of sp³-hybridized carbons (Fsp3) is 0.400. The molecule has 3 heteroatoms. The number of hydrogen-bond acceptors (Lipinski definition) is 2. The molecule has 1 saturated heterocycles. The van der Waals surface area contributed by atoms with E-state index < -0.39 is 0 Å². The number of nitrogens with one attached hydrogen (secondary N) is 1. The van der Waals surface area contributed by atoms with Gasteiger partial charge in [0.05, 0.1) is 0 Å². The van der Waals surface area contributed by atoms with E-state index >= 15 is 0 Å². The monoisotopic (exact) mass is 371 g/mol. The van der Waals surface area contributed by atoms with Crippen LogP contribution < -0.4 is 8.09 Å². The Hall–Kier alpha value is -0.124. The Bertz CT molecular complexity index is 292. The van der Waals surface area contributed by atoms with E-state index in [1.54, 1.807) is 0 Å². The van der Waals surface area contributed by atoms with Crippen LogP contribution in [0.2, 0.25) is 0 Å². The van der Waals surface area contributed by atoms with Gasteiger partial charge in [0.1, 0.15) is 0 Å². The summed E-state index contributed by atoms with van der Waals surface area (Å²) in [5, 5.41) is 3.30. The van der Waals surface area contributed by atoms with E-state index in [9.17, 15) is 0 Å². The second-order valence-corrected chi connectivity index (χ2v) is 4.42. The van der Waals surface area contributed by atoms with Crippen molar-refractivity contribution in [3.8, 4) is 5.75 Å². The van der Waals surface area contributed by atoms with Gasteiger partial charge in [-0.1, -0.05) is 0 Å². The zero-order valence-electron chi connectivity index (χ0n) is 7.54. The van der Waals surface area contributed by atoms with Gasteiger partial charge in [-0.3, -0.25) is 0 Å². The van der Waals surface area contributed by atoms with E-state index in [1.807, 2.05) is 12.1 Å². The van der Waals surface area contributed by atoms with Gasteiger partial charge in [0, 0.05) is 0 Å². The number of benzene rings is 1. The van der Waals surface area contributed by atoms with Crippen LogP contribution >= 0.6 is 0 Å². The average Bonchev–Trinajstić information content (AvgIpc) is 2.14. The van der Waals surface area contributed by atoms with Crippen molar-refractivity contribution in [1.29, 1.82) is 0 Å². The van der Waals surface area contributed by atoms with Crippen LogP contribution in [0.3, 0.4) is 0 Å². The summed E-state index contributed by atoms with van der Waals surface area (Å²) in [5.41, 5.74) is 1.75. The van der Waals surface area contributed by atoms with Crippen LogP contribution in [0.4, 0.5) is 0 Å². The van der Waals surface area contributed by atoms with Gasteiger partial charge in [-0.05, 0) is 0 Å². The van der Waals surface area contributed by atoms with Crippen LogP contribution in [0.5, 0.6) is 5.75 Å². The molecule has 0 bridgehead atoms. The van der Waals surface area contributed by atoms with Gasteiger partial charge < -0.3 is 0 Å². The fourth-order valence-corrected chi connectivity index (χ4v) is 2.05. The van der Waals surface area contributed by atoms with Crippen LogP contribution in [0.15, 0.2) is 24.3 Å². The third kappa shape index (κ3) is 1.73. The van der Waals surface area contributed by atoms with E-state index in [0.29, 0.717) is 5.41 Å². The van der Waals surface area contributed by atoms with Gasteiger partial charge in [-0.25, -0.2) is 0 Å². The molecule has 0 amide bonds. The summed E-state index contributed by atoms with van der Waals surface area (Å²) in [4.78, 5) is 0. The standard InChI is InChI=1S/C10H13NO.Po/c1-10(6-11-7-10)8-2-4-9(12)5-3-8;/h2-5,11-12H,6-7H2,1H3;/q;+1/p-1. The summed E-state index contributed by atoms with van der Waals surface area (Å²) in [7, 11) is 0. The molecule has 69 valence electrons. The molecule has 1 N–H and O–H groups in total. The molecular weight excluding hydrogens is 359 g/mol. The normalized spacial score (nSPS) is 19.2. The first kappa shape index (κ1) is 9.43. The first-order valence-corrected chi connectivity index (χ1v) is 5.65. The molecule has 1 fully saturated rings. The molecule has 0 atom stereocenters. The SMILES string of the molecule is CC1(c2ccc([O][Po])cc2)CNC1. The van der Waals surface area contributed by atoms with Crippen molar-refractivity contribution < 1.29 is 2.77 Å². The first-order valence-electron chi connectivity index (χ1n) is 4.36. The minimum absolute atomic E-state index is 0.346. The molecule has 1 heterocycles. The van der Waals surface area contributed by atoms with Gasteiger partial charge in [0.2, 0.25) is 0 Å². The van der Waals surface area contributed by atoms with Crippen molar-refractivity contribution >= 4 is 25.5 Å². The molecule has 2 rings (SSSR count). The summed E-state index contributed by atoms with van der Waals surface area (Å²) < 4.78 is 5.20. The molecule has 0 aliphatic carbocycles. The van der Waals surface area contributed by atoms with Crippen LogP contribution in [0.1, 0.15) is 12.5 Å². The summed E-state index contributed by atoms with van der Waals surface area (Å²) in [6, 6.07) is 8.43. The van der Waals surface area contributed by atoms with Crippen molar-refractivity contribution in [3.05, 3.63) is 29.8 Å². The maximum absolute atomic E-state index is 5.20. The zero-order chi connectivity index (χ0) is 9.31. The molecule has 0 aromatic heterocycles. The predicted molar refractivity (Wildman–Crippen MR) is 53.0 cm³/mol. The molecule has 0 spiro atoms. The second-order valence-electron chi connectivity index (χ2n) is 3.77. The minimum atomic E-state index is 0.346. The average molecular weight is 371 g/mol. The Labute approximate surface area is 94.4 Å². The molecule has 1 aromatic carbocycles. The van der Waals surface area contributed by atoms with Gasteiger partial charge in [0.25, 0.3) is 0 Å². The second kappa shape index (κ2) is 3.56. The third-order valence-electron chi connectivity index (χ3n) is 2.68. The van der Waals surface area contributed by atoms with Crippen molar-refractivity contribution in [2.24, 2.45) is 0 Å². The quantitative estimate of drug-likeness (QED) is 0.838. The van der Waals surface area contributed by atoms with Crippen molar-refractivity contribution in [3.63, 3.8) is 0 Å². The molecule has 1 aliphatic rings. The van der Waals surface area contributed by atoms with Gasteiger partial charge in [-0.15, -0.1) is 0 Å². The van der Waals surface area contributed by atoms with Gasteiger partial charge >= 0.3 is 94.6 Å². The zero-order valence-corrected chi connectivity index (χ0v) is 10.7. The molecular formula is C10H12NOPo. The Morgan fingerprint density at radius 1 is 1.31 bits per heavy atom. The molecule has 0 saturated carbocycles. The van der Waals surface area contributed by atoms with Gasteiger partial charge in [-0.2, -0.15) is 0 Å². The molecule has 0 unspecified atom stereocenters. The first-order chi connectivity index (χ1) is 6.24. The molecule has 1 aromatic rings. The Balaban J connectivity index is 2.22. The fourth-order valence-electron chi connectivity index (χ4n) is 1.62.